The lowest BCUT2D eigenvalue weighted by Gasteiger charge is -2.07. The number of rotatable bonds is 3. The summed E-state index contributed by atoms with van der Waals surface area (Å²) in [5, 5.41) is 11.0. The maximum absolute atomic E-state index is 5.79. The molecule has 0 aliphatic rings. The predicted molar refractivity (Wildman–Crippen MR) is 59.2 cm³/mol. The third-order valence-corrected chi connectivity index (χ3v) is 2.20. The standard InChI is InChI=1S/C10H13N5/c1-15-7-13-14-10(15)6-12-9-5-3-2-4-8(9)11/h2-5,7,12H,6,11H2,1H3. The molecular formula is C10H13N5. The van der Waals surface area contributed by atoms with Crippen LogP contribution in [0.3, 0.4) is 0 Å². The first kappa shape index (κ1) is 9.51. The van der Waals surface area contributed by atoms with E-state index >= 15 is 0 Å². The Balaban J connectivity index is 2.06. The van der Waals surface area contributed by atoms with Gasteiger partial charge >= 0.3 is 0 Å². The van der Waals surface area contributed by atoms with Crippen molar-refractivity contribution in [3.8, 4) is 0 Å². The monoisotopic (exact) mass is 203 g/mol. The average Bonchev–Trinajstić information content (AvgIpc) is 2.63. The topological polar surface area (TPSA) is 68.8 Å². The van der Waals surface area contributed by atoms with E-state index in [1.807, 2.05) is 35.9 Å². The van der Waals surface area contributed by atoms with Gasteiger partial charge in [0.2, 0.25) is 0 Å². The Morgan fingerprint density at radius 2 is 2.20 bits per heavy atom. The van der Waals surface area contributed by atoms with Crippen LogP contribution in [0, 0.1) is 0 Å². The van der Waals surface area contributed by atoms with E-state index < -0.39 is 0 Å². The Hall–Kier alpha value is -2.04. The summed E-state index contributed by atoms with van der Waals surface area (Å²) in [5.41, 5.74) is 7.45. The number of aromatic nitrogens is 3. The van der Waals surface area contributed by atoms with Gasteiger partial charge in [-0.1, -0.05) is 12.1 Å². The lowest BCUT2D eigenvalue weighted by Crippen LogP contribution is -2.07. The van der Waals surface area contributed by atoms with Gasteiger partial charge in [0.25, 0.3) is 0 Å². The molecule has 1 heterocycles. The number of benzene rings is 1. The average molecular weight is 203 g/mol. The van der Waals surface area contributed by atoms with Gasteiger partial charge in [-0.2, -0.15) is 0 Å². The van der Waals surface area contributed by atoms with Crippen LogP contribution in [0.5, 0.6) is 0 Å². The molecule has 0 atom stereocenters. The van der Waals surface area contributed by atoms with E-state index in [0.29, 0.717) is 6.54 Å². The van der Waals surface area contributed by atoms with Gasteiger partial charge in [-0.3, -0.25) is 0 Å². The molecule has 5 nitrogen and oxygen atoms in total. The normalized spacial score (nSPS) is 10.2. The fourth-order valence-electron chi connectivity index (χ4n) is 1.30. The summed E-state index contributed by atoms with van der Waals surface area (Å²) in [4.78, 5) is 0. The first-order valence-corrected chi connectivity index (χ1v) is 4.68. The first-order valence-electron chi connectivity index (χ1n) is 4.68. The lowest BCUT2D eigenvalue weighted by molar-refractivity contribution is 0.812. The zero-order chi connectivity index (χ0) is 10.7. The molecule has 0 saturated heterocycles. The van der Waals surface area contributed by atoms with E-state index in [0.717, 1.165) is 17.2 Å². The highest BCUT2D eigenvalue weighted by molar-refractivity contribution is 5.65. The van der Waals surface area contributed by atoms with Crippen molar-refractivity contribution in [1.29, 1.82) is 0 Å². The van der Waals surface area contributed by atoms with Crippen LogP contribution in [-0.4, -0.2) is 14.8 Å². The van der Waals surface area contributed by atoms with E-state index in [4.69, 9.17) is 5.73 Å². The van der Waals surface area contributed by atoms with Crippen molar-refractivity contribution in [1.82, 2.24) is 14.8 Å². The second-order valence-corrected chi connectivity index (χ2v) is 3.30. The van der Waals surface area contributed by atoms with Gasteiger partial charge < -0.3 is 15.6 Å². The van der Waals surface area contributed by atoms with Crippen LogP contribution in [0.1, 0.15) is 5.82 Å². The number of nitrogens with two attached hydrogens (primary N) is 1. The van der Waals surface area contributed by atoms with E-state index in [1.54, 1.807) is 6.33 Å². The van der Waals surface area contributed by atoms with Gasteiger partial charge in [0.1, 0.15) is 6.33 Å². The van der Waals surface area contributed by atoms with Crippen LogP contribution in [0.2, 0.25) is 0 Å². The molecular weight excluding hydrogens is 190 g/mol. The first-order chi connectivity index (χ1) is 7.27. The van der Waals surface area contributed by atoms with E-state index in [2.05, 4.69) is 15.5 Å². The van der Waals surface area contributed by atoms with Crippen LogP contribution >= 0.6 is 0 Å². The Morgan fingerprint density at radius 3 is 2.87 bits per heavy atom. The highest BCUT2D eigenvalue weighted by Gasteiger charge is 2.01. The summed E-state index contributed by atoms with van der Waals surface area (Å²) in [6, 6.07) is 7.64. The van der Waals surface area contributed by atoms with Crippen molar-refractivity contribution < 1.29 is 0 Å². The second kappa shape index (κ2) is 4.00. The fourth-order valence-corrected chi connectivity index (χ4v) is 1.30. The molecule has 1 aromatic carbocycles. The molecule has 2 rings (SSSR count). The number of nitrogens with one attached hydrogen (secondary N) is 1. The number of nitrogen functional groups attached to an aromatic ring is 1. The molecule has 2 aromatic rings. The summed E-state index contributed by atoms with van der Waals surface area (Å²) in [7, 11) is 1.91. The molecule has 0 aliphatic heterocycles. The van der Waals surface area contributed by atoms with Crippen molar-refractivity contribution in [2.45, 2.75) is 6.54 Å². The highest BCUT2D eigenvalue weighted by atomic mass is 15.3. The van der Waals surface area contributed by atoms with Crippen molar-refractivity contribution in [2.75, 3.05) is 11.1 Å². The van der Waals surface area contributed by atoms with Crippen LogP contribution in [-0.2, 0) is 13.6 Å². The number of anilines is 2. The number of aryl methyl sites for hydroxylation is 1. The molecule has 78 valence electrons. The summed E-state index contributed by atoms with van der Waals surface area (Å²) in [5.74, 6) is 0.873. The second-order valence-electron chi connectivity index (χ2n) is 3.30. The summed E-state index contributed by atoms with van der Waals surface area (Å²) >= 11 is 0. The number of para-hydroxylation sites is 2. The SMILES string of the molecule is Cn1cnnc1CNc1ccccc1N. The summed E-state index contributed by atoms with van der Waals surface area (Å²) in [6.45, 7) is 0.616. The van der Waals surface area contributed by atoms with Gasteiger partial charge in [0.15, 0.2) is 5.82 Å². The Morgan fingerprint density at radius 1 is 1.40 bits per heavy atom. The highest BCUT2D eigenvalue weighted by Crippen LogP contribution is 2.16. The predicted octanol–water partition coefficient (Wildman–Crippen LogP) is 1.01. The molecule has 0 unspecified atom stereocenters. The summed E-state index contributed by atoms with van der Waals surface area (Å²) in [6.07, 6.45) is 1.67. The van der Waals surface area contributed by atoms with Crippen LogP contribution < -0.4 is 11.1 Å². The van der Waals surface area contributed by atoms with E-state index in [-0.39, 0.29) is 0 Å². The smallest absolute Gasteiger partial charge is 0.151 e. The van der Waals surface area contributed by atoms with Crippen molar-refractivity contribution in [2.24, 2.45) is 7.05 Å². The van der Waals surface area contributed by atoms with Gasteiger partial charge in [-0.15, -0.1) is 10.2 Å². The summed E-state index contributed by atoms with van der Waals surface area (Å²) < 4.78 is 1.87. The van der Waals surface area contributed by atoms with Crippen LogP contribution in [0.4, 0.5) is 11.4 Å². The maximum atomic E-state index is 5.79. The van der Waals surface area contributed by atoms with Crippen molar-refractivity contribution in [3.05, 3.63) is 36.4 Å². The maximum Gasteiger partial charge on any atom is 0.151 e. The molecule has 15 heavy (non-hydrogen) atoms. The van der Waals surface area contributed by atoms with Crippen molar-refractivity contribution >= 4 is 11.4 Å². The fraction of sp³-hybridized carbons (Fsp3) is 0.200. The molecule has 1 aromatic heterocycles. The van der Waals surface area contributed by atoms with Crippen LogP contribution in [0.15, 0.2) is 30.6 Å². The Kier molecular flexibility index (Phi) is 2.53. The van der Waals surface area contributed by atoms with Crippen LogP contribution in [0.25, 0.3) is 0 Å². The molecule has 0 saturated carbocycles. The molecule has 0 aliphatic carbocycles. The number of hydrogen-bond donors (Lipinski definition) is 2. The molecule has 0 bridgehead atoms. The molecule has 5 heteroatoms. The quantitative estimate of drug-likeness (QED) is 0.730. The number of hydrogen-bond acceptors (Lipinski definition) is 4. The van der Waals surface area contributed by atoms with Gasteiger partial charge in [-0.25, -0.2) is 0 Å². The third-order valence-electron chi connectivity index (χ3n) is 2.20. The minimum absolute atomic E-state index is 0.616. The van der Waals surface area contributed by atoms with Gasteiger partial charge in [-0.05, 0) is 12.1 Å². The van der Waals surface area contributed by atoms with Crippen molar-refractivity contribution in [3.63, 3.8) is 0 Å². The van der Waals surface area contributed by atoms with Gasteiger partial charge in [0.05, 0.1) is 17.9 Å². The molecule has 0 radical (unpaired) electrons. The lowest BCUT2D eigenvalue weighted by atomic mass is 10.3. The molecule has 0 fully saturated rings. The molecule has 0 spiro atoms. The zero-order valence-electron chi connectivity index (χ0n) is 8.51. The zero-order valence-corrected chi connectivity index (χ0v) is 8.51. The Bertz CT molecular complexity index is 449. The molecule has 3 N–H and O–H groups in total. The third kappa shape index (κ3) is 2.07. The minimum Gasteiger partial charge on any atom is -0.397 e. The number of nitrogens with zero attached hydrogens (tertiary/aromatic N) is 3. The Labute approximate surface area is 87.9 Å². The largest absolute Gasteiger partial charge is 0.397 e. The van der Waals surface area contributed by atoms with E-state index in [9.17, 15) is 0 Å². The van der Waals surface area contributed by atoms with E-state index in [1.165, 1.54) is 0 Å². The van der Waals surface area contributed by atoms with Gasteiger partial charge in [0, 0.05) is 7.05 Å². The minimum atomic E-state index is 0.616. The molecule has 0 amide bonds.